The Morgan fingerprint density at radius 1 is 1.36 bits per heavy atom. The lowest BCUT2D eigenvalue weighted by molar-refractivity contribution is 0.206. The molecule has 0 unspecified atom stereocenters. The molecule has 0 aliphatic heterocycles. The first-order valence-corrected chi connectivity index (χ1v) is 4.59. The van der Waals surface area contributed by atoms with Crippen LogP contribution in [0.3, 0.4) is 0 Å². The Morgan fingerprint density at radius 3 is 2.43 bits per heavy atom. The fourth-order valence-electron chi connectivity index (χ4n) is 1.48. The van der Waals surface area contributed by atoms with E-state index in [1.165, 1.54) is 0 Å². The van der Waals surface area contributed by atoms with Crippen molar-refractivity contribution in [2.45, 2.75) is 26.3 Å². The van der Waals surface area contributed by atoms with Crippen LogP contribution >= 0.6 is 0 Å². The van der Waals surface area contributed by atoms with E-state index in [4.69, 9.17) is 10.8 Å². The SMILES string of the molecule is Cc1cc(C)c(O)c([C@@](C)(N)CO)c1. The monoisotopic (exact) mass is 195 g/mol. The summed E-state index contributed by atoms with van der Waals surface area (Å²) in [5.74, 6) is 0.176. The number of phenols is 1. The Hall–Kier alpha value is -1.06. The van der Waals surface area contributed by atoms with E-state index < -0.39 is 5.54 Å². The largest absolute Gasteiger partial charge is 0.507 e. The highest BCUT2D eigenvalue weighted by Crippen LogP contribution is 2.30. The number of aryl methyl sites for hydroxylation is 2. The van der Waals surface area contributed by atoms with Gasteiger partial charge in [0.25, 0.3) is 0 Å². The van der Waals surface area contributed by atoms with Crippen molar-refractivity contribution in [2.75, 3.05) is 6.61 Å². The zero-order valence-electron chi connectivity index (χ0n) is 8.83. The molecule has 0 fully saturated rings. The lowest BCUT2D eigenvalue weighted by Gasteiger charge is -2.24. The fraction of sp³-hybridized carbons (Fsp3) is 0.455. The van der Waals surface area contributed by atoms with E-state index in [-0.39, 0.29) is 12.4 Å². The zero-order chi connectivity index (χ0) is 10.9. The summed E-state index contributed by atoms with van der Waals surface area (Å²) in [6, 6.07) is 3.69. The summed E-state index contributed by atoms with van der Waals surface area (Å²) >= 11 is 0. The first kappa shape index (κ1) is 11.0. The van der Waals surface area contributed by atoms with Gasteiger partial charge in [-0.05, 0) is 26.3 Å². The summed E-state index contributed by atoms with van der Waals surface area (Å²) in [5, 5.41) is 18.9. The molecule has 1 aromatic rings. The molecule has 1 aromatic carbocycles. The van der Waals surface area contributed by atoms with Gasteiger partial charge in [0.1, 0.15) is 5.75 Å². The number of hydrogen-bond acceptors (Lipinski definition) is 3. The van der Waals surface area contributed by atoms with Gasteiger partial charge in [-0.1, -0.05) is 17.7 Å². The first-order valence-electron chi connectivity index (χ1n) is 4.59. The molecule has 0 aliphatic rings. The average Bonchev–Trinajstić information content (AvgIpc) is 2.11. The molecule has 1 rings (SSSR count). The van der Waals surface area contributed by atoms with Gasteiger partial charge in [0.2, 0.25) is 0 Å². The highest BCUT2D eigenvalue weighted by Gasteiger charge is 2.24. The van der Waals surface area contributed by atoms with Crippen LogP contribution in [-0.2, 0) is 5.54 Å². The number of hydrogen-bond donors (Lipinski definition) is 3. The van der Waals surface area contributed by atoms with Crippen LogP contribution in [0.2, 0.25) is 0 Å². The summed E-state index contributed by atoms with van der Waals surface area (Å²) < 4.78 is 0. The van der Waals surface area contributed by atoms with Crippen molar-refractivity contribution < 1.29 is 10.2 Å². The van der Waals surface area contributed by atoms with Crippen molar-refractivity contribution in [3.63, 3.8) is 0 Å². The van der Waals surface area contributed by atoms with Gasteiger partial charge in [0, 0.05) is 5.56 Å². The van der Waals surface area contributed by atoms with Crippen LogP contribution in [0, 0.1) is 13.8 Å². The molecule has 0 heterocycles. The molecule has 4 N–H and O–H groups in total. The highest BCUT2D eigenvalue weighted by molar-refractivity contribution is 5.46. The second-order valence-electron chi connectivity index (χ2n) is 4.05. The molecule has 3 heteroatoms. The number of phenolic OH excluding ortho intramolecular Hbond substituents is 1. The van der Waals surface area contributed by atoms with Crippen molar-refractivity contribution in [1.29, 1.82) is 0 Å². The molecule has 0 spiro atoms. The van der Waals surface area contributed by atoms with E-state index in [9.17, 15) is 5.11 Å². The van der Waals surface area contributed by atoms with Crippen LogP contribution in [0.5, 0.6) is 5.75 Å². The van der Waals surface area contributed by atoms with Crippen LogP contribution in [0.15, 0.2) is 12.1 Å². The topological polar surface area (TPSA) is 66.5 Å². The van der Waals surface area contributed by atoms with Crippen molar-refractivity contribution in [1.82, 2.24) is 0 Å². The normalized spacial score (nSPS) is 15.2. The Labute approximate surface area is 84.2 Å². The van der Waals surface area contributed by atoms with Crippen LogP contribution in [0.25, 0.3) is 0 Å². The third kappa shape index (κ3) is 1.89. The van der Waals surface area contributed by atoms with Gasteiger partial charge in [-0.25, -0.2) is 0 Å². The average molecular weight is 195 g/mol. The maximum Gasteiger partial charge on any atom is 0.123 e. The molecule has 0 aromatic heterocycles. The third-order valence-electron chi connectivity index (χ3n) is 2.39. The molecule has 0 bridgehead atoms. The molecular weight excluding hydrogens is 178 g/mol. The van der Waals surface area contributed by atoms with E-state index >= 15 is 0 Å². The maximum absolute atomic E-state index is 9.80. The van der Waals surface area contributed by atoms with Gasteiger partial charge >= 0.3 is 0 Å². The molecule has 3 nitrogen and oxygen atoms in total. The molecule has 0 amide bonds. The predicted octanol–water partition coefficient (Wildman–Crippen LogP) is 1.18. The molecule has 14 heavy (non-hydrogen) atoms. The lowest BCUT2D eigenvalue weighted by Crippen LogP contribution is -2.37. The summed E-state index contributed by atoms with van der Waals surface area (Å²) in [6.45, 7) is 5.26. The number of aromatic hydroxyl groups is 1. The second-order valence-corrected chi connectivity index (χ2v) is 4.05. The van der Waals surface area contributed by atoms with E-state index in [1.54, 1.807) is 13.0 Å². The van der Waals surface area contributed by atoms with Crippen molar-refractivity contribution >= 4 is 0 Å². The molecule has 78 valence electrons. The molecule has 0 aliphatic carbocycles. The molecule has 1 atom stereocenters. The lowest BCUT2D eigenvalue weighted by atomic mass is 9.90. The van der Waals surface area contributed by atoms with E-state index in [1.807, 2.05) is 19.9 Å². The summed E-state index contributed by atoms with van der Waals surface area (Å²) in [7, 11) is 0. The van der Waals surface area contributed by atoms with Gasteiger partial charge < -0.3 is 15.9 Å². The van der Waals surface area contributed by atoms with Gasteiger partial charge in [0.05, 0.1) is 12.1 Å². The van der Waals surface area contributed by atoms with Crippen molar-refractivity contribution in [3.8, 4) is 5.75 Å². The minimum absolute atomic E-state index is 0.176. The Bertz CT molecular complexity index is 345. The molecular formula is C11H17NO2. The summed E-state index contributed by atoms with van der Waals surface area (Å²) in [5.41, 5.74) is 7.38. The number of aliphatic hydroxyl groups excluding tert-OH is 1. The van der Waals surface area contributed by atoms with Crippen molar-refractivity contribution in [3.05, 3.63) is 28.8 Å². The summed E-state index contributed by atoms with van der Waals surface area (Å²) in [4.78, 5) is 0. The number of rotatable bonds is 2. The van der Waals surface area contributed by atoms with Crippen molar-refractivity contribution in [2.24, 2.45) is 5.73 Å². The summed E-state index contributed by atoms with van der Waals surface area (Å²) in [6.07, 6.45) is 0. The standard InChI is InChI=1S/C11H17NO2/c1-7-4-8(2)10(14)9(5-7)11(3,12)6-13/h4-5,13-14H,6,12H2,1-3H3/t11-/m0/s1. The predicted molar refractivity (Wildman–Crippen MR) is 56.2 cm³/mol. The van der Waals surface area contributed by atoms with E-state index in [0.717, 1.165) is 11.1 Å². The van der Waals surface area contributed by atoms with Gasteiger partial charge in [-0.2, -0.15) is 0 Å². The fourth-order valence-corrected chi connectivity index (χ4v) is 1.48. The minimum Gasteiger partial charge on any atom is -0.507 e. The highest BCUT2D eigenvalue weighted by atomic mass is 16.3. The van der Waals surface area contributed by atoms with E-state index in [2.05, 4.69) is 0 Å². The molecule has 0 radical (unpaired) electrons. The number of nitrogens with two attached hydrogens (primary N) is 1. The number of aliphatic hydroxyl groups is 1. The number of benzene rings is 1. The van der Waals surface area contributed by atoms with Gasteiger partial charge in [0.15, 0.2) is 0 Å². The van der Waals surface area contributed by atoms with Crippen LogP contribution in [0.4, 0.5) is 0 Å². The first-order chi connectivity index (χ1) is 6.38. The Morgan fingerprint density at radius 2 is 1.93 bits per heavy atom. The Kier molecular flexibility index (Phi) is 2.83. The third-order valence-corrected chi connectivity index (χ3v) is 2.39. The maximum atomic E-state index is 9.80. The van der Waals surface area contributed by atoms with Crippen LogP contribution < -0.4 is 5.73 Å². The van der Waals surface area contributed by atoms with Gasteiger partial charge in [-0.15, -0.1) is 0 Å². The Balaban J connectivity index is 3.34. The smallest absolute Gasteiger partial charge is 0.123 e. The quantitative estimate of drug-likeness (QED) is 0.663. The molecule has 0 saturated heterocycles. The second kappa shape index (κ2) is 3.59. The minimum atomic E-state index is -0.888. The van der Waals surface area contributed by atoms with Gasteiger partial charge in [-0.3, -0.25) is 0 Å². The zero-order valence-corrected chi connectivity index (χ0v) is 8.83. The van der Waals surface area contributed by atoms with E-state index in [0.29, 0.717) is 5.56 Å². The van der Waals surface area contributed by atoms with Crippen LogP contribution in [-0.4, -0.2) is 16.8 Å². The molecule has 0 saturated carbocycles. The van der Waals surface area contributed by atoms with Crippen LogP contribution in [0.1, 0.15) is 23.6 Å².